The van der Waals surface area contributed by atoms with Crippen molar-refractivity contribution in [2.45, 2.75) is 26.4 Å². The van der Waals surface area contributed by atoms with Gasteiger partial charge in [0.1, 0.15) is 0 Å². The molecule has 1 heterocycles. The molecule has 0 radical (unpaired) electrons. The zero-order valence-electron chi connectivity index (χ0n) is 18.6. The number of nitrogens with zero attached hydrogens (tertiary/aromatic N) is 2. The number of morpholine rings is 1. The zero-order valence-corrected chi connectivity index (χ0v) is 18.6. The molecule has 0 bridgehead atoms. The van der Waals surface area contributed by atoms with Crippen LogP contribution in [0.5, 0.6) is 17.2 Å². The van der Waals surface area contributed by atoms with Gasteiger partial charge in [0.2, 0.25) is 5.75 Å². The largest absolute Gasteiger partial charge is 0.493 e. The van der Waals surface area contributed by atoms with Gasteiger partial charge in [-0.3, -0.25) is 9.89 Å². The molecule has 29 heavy (non-hydrogen) atoms. The fraction of sp³-hybridized carbons (Fsp3) is 0.667. The van der Waals surface area contributed by atoms with E-state index in [-0.39, 0.29) is 0 Å². The van der Waals surface area contributed by atoms with E-state index < -0.39 is 0 Å². The molecule has 1 aliphatic heterocycles. The minimum Gasteiger partial charge on any atom is -0.493 e. The van der Waals surface area contributed by atoms with E-state index in [2.05, 4.69) is 34.4 Å². The molecule has 0 aromatic heterocycles. The van der Waals surface area contributed by atoms with Gasteiger partial charge in [-0.1, -0.05) is 13.8 Å². The second-order valence-corrected chi connectivity index (χ2v) is 7.26. The van der Waals surface area contributed by atoms with Crippen molar-refractivity contribution in [1.29, 1.82) is 0 Å². The first-order valence-corrected chi connectivity index (χ1v) is 10.1. The molecule has 0 spiro atoms. The number of hydrogen-bond acceptors (Lipinski definition) is 6. The number of rotatable bonds is 9. The van der Waals surface area contributed by atoms with Crippen molar-refractivity contribution in [3.8, 4) is 17.2 Å². The summed E-state index contributed by atoms with van der Waals surface area (Å²) in [6, 6.07) is 4.26. The van der Waals surface area contributed by atoms with E-state index in [0.29, 0.717) is 35.8 Å². The fourth-order valence-corrected chi connectivity index (χ4v) is 3.60. The first kappa shape index (κ1) is 23.1. The van der Waals surface area contributed by atoms with Crippen molar-refractivity contribution in [1.82, 2.24) is 15.5 Å². The zero-order chi connectivity index (χ0) is 21.2. The third-order valence-corrected chi connectivity index (χ3v) is 5.22. The molecule has 1 saturated heterocycles. The second kappa shape index (κ2) is 11.7. The predicted octanol–water partition coefficient (Wildman–Crippen LogP) is 1.73. The van der Waals surface area contributed by atoms with E-state index >= 15 is 0 Å². The number of methoxy groups -OCH3 is 3. The summed E-state index contributed by atoms with van der Waals surface area (Å²) < 4.78 is 21.9. The molecule has 8 nitrogen and oxygen atoms in total. The lowest BCUT2D eigenvalue weighted by molar-refractivity contribution is 0.00752. The van der Waals surface area contributed by atoms with Crippen LogP contribution in [0.2, 0.25) is 0 Å². The first-order valence-electron chi connectivity index (χ1n) is 10.1. The van der Waals surface area contributed by atoms with Crippen molar-refractivity contribution in [2.24, 2.45) is 10.9 Å². The molecule has 0 aliphatic carbocycles. The monoisotopic (exact) mass is 408 g/mol. The standard InChI is InChI=1S/C21H36N4O4/c1-15(2)17(25-9-11-29-12-10-25)14-24-21(22-3)23-13-16-7-8-18(26-4)20(28-6)19(16)27-5/h7-8,15,17H,9-14H2,1-6H3,(H2,22,23,24). The molecule has 1 aliphatic rings. The molecule has 164 valence electrons. The average molecular weight is 409 g/mol. The molecular formula is C21H36N4O4. The van der Waals surface area contributed by atoms with Gasteiger partial charge in [0.15, 0.2) is 17.5 Å². The van der Waals surface area contributed by atoms with E-state index in [1.54, 1.807) is 28.4 Å². The van der Waals surface area contributed by atoms with Crippen LogP contribution in [0.3, 0.4) is 0 Å². The molecule has 0 saturated carbocycles. The van der Waals surface area contributed by atoms with E-state index in [9.17, 15) is 0 Å². The van der Waals surface area contributed by atoms with E-state index in [1.165, 1.54) is 0 Å². The Morgan fingerprint density at radius 2 is 1.76 bits per heavy atom. The van der Waals surface area contributed by atoms with E-state index in [0.717, 1.165) is 44.4 Å². The summed E-state index contributed by atoms with van der Waals surface area (Å²) >= 11 is 0. The van der Waals surface area contributed by atoms with Gasteiger partial charge in [0.05, 0.1) is 34.5 Å². The third kappa shape index (κ3) is 6.14. The lowest BCUT2D eigenvalue weighted by atomic mass is 10.0. The van der Waals surface area contributed by atoms with Gasteiger partial charge in [-0.05, 0) is 18.1 Å². The second-order valence-electron chi connectivity index (χ2n) is 7.26. The molecule has 1 fully saturated rings. The summed E-state index contributed by atoms with van der Waals surface area (Å²) in [5, 5.41) is 6.83. The van der Waals surface area contributed by atoms with Crippen LogP contribution in [-0.4, -0.2) is 78.1 Å². The Hall–Kier alpha value is -2.19. The quantitative estimate of drug-likeness (QED) is 0.476. The maximum atomic E-state index is 5.56. The average Bonchev–Trinajstić information content (AvgIpc) is 2.75. The Labute approximate surface area is 174 Å². The number of aliphatic imine (C=N–C) groups is 1. The Bertz CT molecular complexity index is 660. The predicted molar refractivity (Wildman–Crippen MR) is 115 cm³/mol. The third-order valence-electron chi connectivity index (χ3n) is 5.22. The van der Waals surface area contributed by atoms with E-state index in [1.807, 2.05) is 12.1 Å². The van der Waals surface area contributed by atoms with Gasteiger partial charge < -0.3 is 29.6 Å². The van der Waals surface area contributed by atoms with Crippen molar-refractivity contribution < 1.29 is 18.9 Å². The number of ether oxygens (including phenoxy) is 4. The van der Waals surface area contributed by atoms with Crippen LogP contribution in [0.15, 0.2) is 17.1 Å². The summed E-state index contributed by atoms with van der Waals surface area (Å²) in [5.41, 5.74) is 0.960. The van der Waals surface area contributed by atoms with Gasteiger partial charge >= 0.3 is 0 Å². The van der Waals surface area contributed by atoms with Gasteiger partial charge in [0.25, 0.3) is 0 Å². The van der Waals surface area contributed by atoms with Crippen LogP contribution in [0.1, 0.15) is 19.4 Å². The van der Waals surface area contributed by atoms with Gasteiger partial charge in [-0.15, -0.1) is 0 Å². The molecular weight excluding hydrogens is 372 g/mol. The summed E-state index contributed by atoms with van der Waals surface area (Å²) in [6.07, 6.45) is 0. The number of hydrogen-bond donors (Lipinski definition) is 2. The highest BCUT2D eigenvalue weighted by Crippen LogP contribution is 2.39. The Morgan fingerprint density at radius 3 is 2.31 bits per heavy atom. The van der Waals surface area contributed by atoms with Crippen LogP contribution in [0, 0.1) is 5.92 Å². The topological polar surface area (TPSA) is 76.6 Å². The van der Waals surface area contributed by atoms with Gasteiger partial charge in [-0.2, -0.15) is 0 Å². The minimum atomic E-state index is 0.424. The van der Waals surface area contributed by atoms with Crippen LogP contribution in [0.4, 0.5) is 0 Å². The summed E-state index contributed by atoms with van der Waals surface area (Å²) in [5.74, 6) is 3.17. The lowest BCUT2D eigenvalue weighted by Crippen LogP contribution is -2.52. The smallest absolute Gasteiger partial charge is 0.203 e. The maximum Gasteiger partial charge on any atom is 0.203 e. The fourth-order valence-electron chi connectivity index (χ4n) is 3.60. The Morgan fingerprint density at radius 1 is 1.07 bits per heavy atom. The maximum absolute atomic E-state index is 5.56. The van der Waals surface area contributed by atoms with Crippen LogP contribution < -0.4 is 24.8 Å². The number of guanidine groups is 1. The highest BCUT2D eigenvalue weighted by molar-refractivity contribution is 5.79. The SMILES string of the molecule is CN=C(NCc1ccc(OC)c(OC)c1OC)NCC(C(C)C)N1CCOCC1. The normalized spacial score (nSPS) is 16.4. The van der Waals surface area contributed by atoms with Crippen LogP contribution >= 0.6 is 0 Å². The van der Waals surface area contributed by atoms with Crippen molar-refractivity contribution in [2.75, 3.05) is 61.2 Å². The number of benzene rings is 1. The molecule has 1 atom stereocenters. The van der Waals surface area contributed by atoms with Gasteiger partial charge in [0, 0.05) is 44.8 Å². The molecule has 1 aromatic carbocycles. The summed E-state index contributed by atoms with van der Waals surface area (Å²) in [4.78, 5) is 6.86. The van der Waals surface area contributed by atoms with E-state index in [4.69, 9.17) is 18.9 Å². The summed E-state index contributed by atoms with van der Waals surface area (Å²) in [7, 11) is 6.63. The molecule has 0 amide bonds. The molecule has 2 rings (SSSR count). The first-order chi connectivity index (χ1) is 14.0. The molecule has 8 heteroatoms. The molecule has 1 unspecified atom stereocenters. The Kier molecular flexibility index (Phi) is 9.34. The highest BCUT2D eigenvalue weighted by Gasteiger charge is 2.24. The van der Waals surface area contributed by atoms with Crippen molar-refractivity contribution in [3.63, 3.8) is 0 Å². The van der Waals surface area contributed by atoms with Crippen LogP contribution in [0.25, 0.3) is 0 Å². The lowest BCUT2D eigenvalue weighted by Gasteiger charge is -2.37. The highest BCUT2D eigenvalue weighted by atomic mass is 16.5. The van der Waals surface area contributed by atoms with Crippen molar-refractivity contribution >= 4 is 5.96 Å². The molecule has 2 N–H and O–H groups in total. The minimum absolute atomic E-state index is 0.424. The summed E-state index contributed by atoms with van der Waals surface area (Å²) in [6.45, 7) is 9.43. The number of nitrogens with one attached hydrogen (secondary N) is 2. The Balaban J connectivity index is 2.00. The van der Waals surface area contributed by atoms with Crippen molar-refractivity contribution in [3.05, 3.63) is 17.7 Å². The molecule has 1 aromatic rings. The van der Waals surface area contributed by atoms with Crippen LogP contribution in [-0.2, 0) is 11.3 Å². The van der Waals surface area contributed by atoms with Gasteiger partial charge in [-0.25, -0.2) is 0 Å².